The lowest BCUT2D eigenvalue weighted by Gasteiger charge is -2.30. The van der Waals surface area contributed by atoms with Crippen molar-refractivity contribution in [1.29, 1.82) is 0 Å². The molecule has 0 radical (unpaired) electrons. The van der Waals surface area contributed by atoms with Crippen LogP contribution >= 0.6 is 11.8 Å². The number of hydrogen-bond donors (Lipinski definition) is 0. The Labute approximate surface area is 90.2 Å². The summed E-state index contributed by atoms with van der Waals surface area (Å²) in [5, 5.41) is 0. The number of ether oxygens (including phenoxy) is 1. The molecule has 1 saturated heterocycles. The summed E-state index contributed by atoms with van der Waals surface area (Å²) in [5.74, 6) is 2.48. The van der Waals surface area contributed by atoms with Gasteiger partial charge in [-0.2, -0.15) is 11.8 Å². The second kappa shape index (κ2) is 6.43. The minimum absolute atomic E-state index is 0.144. The van der Waals surface area contributed by atoms with Crippen LogP contribution in [0.25, 0.3) is 0 Å². The summed E-state index contributed by atoms with van der Waals surface area (Å²) >= 11 is 1.88. The lowest BCUT2D eigenvalue weighted by Crippen LogP contribution is -2.44. The van der Waals surface area contributed by atoms with E-state index in [1.165, 1.54) is 0 Å². The highest BCUT2D eigenvalue weighted by Crippen LogP contribution is 2.16. The first-order chi connectivity index (χ1) is 6.75. The van der Waals surface area contributed by atoms with Crippen molar-refractivity contribution in [3.8, 4) is 0 Å². The van der Waals surface area contributed by atoms with E-state index in [0.717, 1.165) is 24.5 Å². The third kappa shape index (κ3) is 3.59. The van der Waals surface area contributed by atoms with Gasteiger partial charge >= 0.3 is 0 Å². The molecule has 1 aliphatic rings. The average Bonchev–Trinajstić information content (AvgIpc) is 2.18. The molecule has 3 nitrogen and oxygen atoms in total. The average molecular weight is 217 g/mol. The molecule has 0 N–H and O–H groups in total. The third-order valence-electron chi connectivity index (χ3n) is 2.54. The number of Topliss-reactive ketones (excluding diaryl/α,β-unsaturated/α-hetero) is 1. The zero-order chi connectivity index (χ0) is 10.4. The summed E-state index contributed by atoms with van der Waals surface area (Å²) in [5.41, 5.74) is 0. The summed E-state index contributed by atoms with van der Waals surface area (Å²) in [6, 6.07) is 0.144. The van der Waals surface area contributed by atoms with Gasteiger partial charge < -0.3 is 4.74 Å². The Hall–Kier alpha value is -0.0600. The van der Waals surface area contributed by atoms with Crippen LogP contribution in [0.5, 0.6) is 0 Å². The molecule has 1 fully saturated rings. The van der Waals surface area contributed by atoms with Crippen molar-refractivity contribution >= 4 is 17.5 Å². The predicted octanol–water partition coefficient (Wildman–Crippen LogP) is 1.03. The van der Waals surface area contributed by atoms with Crippen LogP contribution in [-0.4, -0.2) is 55.5 Å². The number of carbonyl (C=O) groups excluding carboxylic acids is 1. The van der Waals surface area contributed by atoms with E-state index in [4.69, 9.17) is 4.74 Å². The minimum Gasteiger partial charge on any atom is -0.385 e. The van der Waals surface area contributed by atoms with Crippen molar-refractivity contribution < 1.29 is 9.53 Å². The molecule has 0 bridgehead atoms. The Bertz CT molecular complexity index is 187. The lowest BCUT2D eigenvalue weighted by molar-refractivity contribution is -0.123. The van der Waals surface area contributed by atoms with Crippen molar-refractivity contribution in [3.63, 3.8) is 0 Å². The fourth-order valence-electron chi connectivity index (χ4n) is 1.58. The maximum Gasteiger partial charge on any atom is 0.150 e. The van der Waals surface area contributed by atoms with E-state index in [-0.39, 0.29) is 6.04 Å². The number of thioether (sulfide) groups is 1. The van der Waals surface area contributed by atoms with Gasteiger partial charge in [0, 0.05) is 38.2 Å². The van der Waals surface area contributed by atoms with Crippen LogP contribution in [-0.2, 0) is 9.53 Å². The van der Waals surface area contributed by atoms with E-state index < -0.39 is 0 Å². The molecule has 0 saturated carbocycles. The van der Waals surface area contributed by atoms with Gasteiger partial charge in [-0.1, -0.05) is 0 Å². The Balaban J connectivity index is 2.27. The highest BCUT2D eigenvalue weighted by molar-refractivity contribution is 7.99. The number of methoxy groups -OCH3 is 1. The van der Waals surface area contributed by atoms with E-state index in [1.807, 2.05) is 18.8 Å². The van der Waals surface area contributed by atoms with Crippen molar-refractivity contribution in [2.75, 3.05) is 38.8 Å². The van der Waals surface area contributed by atoms with Crippen LogP contribution in [0.4, 0.5) is 0 Å². The van der Waals surface area contributed by atoms with Crippen LogP contribution in [0, 0.1) is 0 Å². The fraction of sp³-hybridized carbons (Fsp3) is 0.900. The van der Waals surface area contributed by atoms with Crippen molar-refractivity contribution in [2.24, 2.45) is 0 Å². The van der Waals surface area contributed by atoms with Gasteiger partial charge in [-0.15, -0.1) is 0 Å². The van der Waals surface area contributed by atoms with Gasteiger partial charge in [0.25, 0.3) is 0 Å². The standard InChI is InChI=1S/C10H19NO2S/c1-11-5-7-14-8-9(11)10(12)4-3-6-13-2/h9H,3-8H2,1-2H3. The zero-order valence-corrected chi connectivity index (χ0v) is 9.81. The Kier molecular flexibility index (Phi) is 5.52. The largest absolute Gasteiger partial charge is 0.385 e. The zero-order valence-electron chi connectivity index (χ0n) is 8.99. The summed E-state index contributed by atoms with van der Waals surface area (Å²) in [6.07, 6.45) is 1.51. The quantitative estimate of drug-likeness (QED) is 0.643. The highest BCUT2D eigenvalue weighted by atomic mass is 32.2. The Morgan fingerprint density at radius 3 is 3.07 bits per heavy atom. The maximum atomic E-state index is 11.8. The normalized spacial score (nSPS) is 23.7. The monoisotopic (exact) mass is 217 g/mol. The van der Waals surface area contributed by atoms with Crippen LogP contribution < -0.4 is 0 Å². The van der Waals surface area contributed by atoms with E-state index in [0.29, 0.717) is 18.8 Å². The molecule has 0 aliphatic carbocycles. The second-order valence-electron chi connectivity index (χ2n) is 3.63. The molecule has 14 heavy (non-hydrogen) atoms. The van der Waals surface area contributed by atoms with Gasteiger partial charge in [-0.25, -0.2) is 0 Å². The number of carbonyl (C=O) groups is 1. The molecular weight excluding hydrogens is 198 g/mol. The molecule has 1 aliphatic heterocycles. The molecule has 1 heterocycles. The summed E-state index contributed by atoms with van der Waals surface area (Å²) in [4.78, 5) is 13.9. The fourth-order valence-corrected chi connectivity index (χ4v) is 2.83. The number of hydrogen-bond acceptors (Lipinski definition) is 4. The molecule has 0 aromatic heterocycles. The number of rotatable bonds is 5. The first kappa shape index (κ1) is 12.0. The minimum atomic E-state index is 0.144. The Morgan fingerprint density at radius 1 is 1.64 bits per heavy atom. The molecular formula is C10H19NO2S. The van der Waals surface area contributed by atoms with Gasteiger partial charge in [0.05, 0.1) is 6.04 Å². The van der Waals surface area contributed by atoms with E-state index >= 15 is 0 Å². The summed E-state index contributed by atoms with van der Waals surface area (Å²) < 4.78 is 4.94. The molecule has 0 aromatic carbocycles. The van der Waals surface area contributed by atoms with E-state index in [2.05, 4.69) is 4.90 Å². The van der Waals surface area contributed by atoms with Crippen molar-refractivity contribution in [3.05, 3.63) is 0 Å². The lowest BCUT2D eigenvalue weighted by atomic mass is 10.1. The van der Waals surface area contributed by atoms with Crippen LogP contribution in [0.3, 0.4) is 0 Å². The SMILES string of the molecule is COCCCC(=O)C1CSCCN1C. The molecule has 1 rings (SSSR count). The van der Waals surface area contributed by atoms with Crippen LogP contribution in [0.2, 0.25) is 0 Å². The van der Waals surface area contributed by atoms with Gasteiger partial charge in [0.2, 0.25) is 0 Å². The first-order valence-electron chi connectivity index (χ1n) is 5.05. The van der Waals surface area contributed by atoms with Crippen LogP contribution in [0.15, 0.2) is 0 Å². The predicted molar refractivity (Wildman–Crippen MR) is 59.9 cm³/mol. The maximum absolute atomic E-state index is 11.8. The molecule has 0 spiro atoms. The van der Waals surface area contributed by atoms with E-state index in [9.17, 15) is 4.79 Å². The summed E-state index contributed by atoms with van der Waals surface area (Å²) in [7, 11) is 3.71. The van der Waals surface area contributed by atoms with Gasteiger partial charge in [0.1, 0.15) is 0 Å². The number of likely N-dealkylation sites (N-methyl/N-ethyl adjacent to an activating group) is 1. The first-order valence-corrected chi connectivity index (χ1v) is 6.21. The molecule has 1 atom stereocenters. The number of nitrogens with zero attached hydrogens (tertiary/aromatic N) is 1. The van der Waals surface area contributed by atoms with Gasteiger partial charge in [0.15, 0.2) is 5.78 Å². The Morgan fingerprint density at radius 2 is 2.43 bits per heavy atom. The van der Waals surface area contributed by atoms with Gasteiger partial charge in [-0.05, 0) is 13.5 Å². The van der Waals surface area contributed by atoms with Crippen molar-refractivity contribution in [2.45, 2.75) is 18.9 Å². The molecule has 4 heteroatoms. The topological polar surface area (TPSA) is 29.5 Å². The van der Waals surface area contributed by atoms with E-state index in [1.54, 1.807) is 7.11 Å². The molecule has 82 valence electrons. The smallest absolute Gasteiger partial charge is 0.150 e. The summed E-state index contributed by atoms with van der Waals surface area (Å²) in [6.45, 7) is 1.72. The second-order valence-corrected chi connectivity index (χ2v) is 4.78. The highest BCUT2D eigenvalue weighted by Gasteiger charge is 2.25. The molecule has 1 unspecified atom stereocenters. The van der Waals surface area contributed by atoms with Gasteiger partial charge in [-0.3, -0.25) is 9.69 Å². The van der Waals surface area contributed by atoms with Crippen molar-refractivity contribution in [1.82, 2.24) is 4.90 Å². The third-order valence-corrected chi connectivity index (χ3v) is 3.56. The molecule has 0 amide bonds. The molecule has 0 aromatic rings. The van der Waals surface area contributed by atoms with Crippen LogP contribution in [0.1, 0.15) is 12.8 Å². The number of ketones is 1.